The molecular formula is C12H8N8. The Kier molecular flexibility index (Phi) is 2.38. The summed E-state index contributed by atoms with van der Waals surface area (Å²) in [6.45, 7) is 1.79. The minimum absolute atomic E-state index is 0.216. The molecule has 3 rings (SSSR count). The van der Waals surface area contributed by atoms with Crippen molar-refractivity contribution in [3.8, 4) is 18.0 Å². The second-order valence-corrected chi connectivity index (χ2v) is 4.13. The summed E-state index contributed by atoms with van der Waals surface area (Å²) in [5.41, 5.74) is 7.64. The number of nitriles is 2. The van der Waals surface area contributed by atoms with Crippen LogP contribution < -0.4 is 5.73 Å². The van der Waals surface area contributed by atoms with Gasteiger partial charge in [0.2, 0.25) is 0 Å². The molecule has 3 heterocycles. The fourth-order valence-electron chi connectivity index (χ4n) is 1.92. The lowest BCUT2D eigenvalue weighted by atomic mass is 10.3. The van der Waals surface area contributed by atoms with E-state index in [9.17, 15) is 0 Å². The third-order valence-corrected chi connectivity index (χ3v) is 2.85. The monoisotopic (exact) mass is 264 g/mol. The third kappa shape index (κ3) is 1.49. The van der Waals surface area contributed by atoms with Crippen molar-refractivity contribution >= 4 is 11.5 Å². The highest BCUT2D eigenvalue weighted by Gasteiger charge is 2.15. The lowest BCUT2D eigenvalue weighted by molar-refractivity contribution is 0.785. The average molecular weight is 264 g/mol. The summed E-state index contributed by atoms with van der Waals surface area (Å²) in [4.78, 5) is 4.28. The molecule has 0 radical (unpaired) electrons. The topological polar surface area (TPSA) is 122 Å². The Hall–Kier alpha value is -3.39. The van der Waals surface area contributed by atoms with E-state index in [-0.39, 0.29) is 11.4 Å². The first-order valence-electron chi connectivity index (χ1n) is 5.65. The number of aromatic nitrogens is 5. The van der Waals surface area contributed by atoms with Gasteiger partial charge in [-0.3, -0.25) is 0 Å². The number of hydrogen-bond donors (Lipinski definition) is 1. The Labute approximate surface area is 113 Å². The van der Waals surface area contributed by atoms with Crippen LogP contribution in [0.25, 0.3) is 11.5 Å². The third-order valence-electron chi connectivity index (χ3n) is 2.85. The molecule has 0 spiro atoms. The maximum atomic E-state index is 9.04. The molecular weight excluding hydrogens is 256 g/mol. The summed E-state index contributed by atoms with van der Waals surface area (Å²) in [6.07, 6.45) is 2.81. The molecule has 0 atom stereocenters. The molecule has 0 aromatic carbocycles. The molecule has 0 fully saturated rings. The number of nitrogen functional groups attached to an aromatic ring is 1. The van der Waals surface area contributed by atoms with Gasteiger partial charge in [0.1, 0.15) is 29.1 Å². The highest BCUT2D eigenvalue weighted by molar-refractivity contribution is 5.58. The van der Waals surface area contributed by atoms with Gasteiger partial charge in [0.15, 0.2) is 11.5 Å². The largest absolute Gasteiger partial charge is 0.382 e. The summed E-state index contributed by atoms with van der Waals surface area (Å²) < 4.78 is 2.87. The van der Waals surface area contributed by atoms with E-state index < -0.39 is 0 Å². The van der Waals surface area contributed by atoms with Crippen LogP contribution in [0.15, 0.2) is 18.5 Å². The molecule has 3 aromatic rings. The lowest BCUT2D eigenvalue weighted by Gasteiger charge is -2.07. The maximum absolute atomic E-state index is 9.04. The average Bonchev–Trinajstić information content (AvgIpc) is 3.01. The van der Waals surface area contributed by atoms with Crippen molar-refractivity contribution in [2.45, 2.75) is 6.92 Å². The highest BCUT2D eigenvalue weighted by Crippen LogP contribution is 2.19. The SMILES string of the molecule is Cc1cc(-n2ncc(C#N)c2N)n2ncc(C#N)c2n1. The normalized spacial score (nSPS) is 10.3. The number of anilines is 1. The molecule has 0 saturated heterocycles. The number of nitrogens with zero attached hydrogens (tertiary/aromatic N) is 7. The van der Waals surface area contributed by atoms with Crippen LogP contribution >= 0.6 is 0 Å². The van der Waals surface area contributed by atoms with E-state index in [2.05, 4.69) is 15.2 Å². The maximum Gasteiger partial charge on any atom is 0.175 e. The van der Waals surface area contributed by atoms with Crippen molar-refractivity contribution in [1.29, 1.82) is 10.5 Å². The van der Waals surface area contributed by atoms with Gasteiger partial charge in [-0.1, -0.05) is 0 Å². The van der Waals surface area contributed by atoms with E-state index in [1.54, 1.807) is 13.0 Å². The van der Waals surface area contributed by atoms with Crippen LogP contribution in [-0.4, -0.2) is 24.4 Å². The van der Waals surface area contributed by atoms with Crippen LogP contribution in [-0.2, 0) is 0 Å². The first-order valence-corrected chi connectivity index (χ1v) is 5.65. The van der Waals surface area contributed by atoms with E-state index in [1.807, 2.05) is 12.1 Å². The molecule has 96 valence electrons. The molecule has 0 amide bonds. The summed E-state index contributed by atoms with van der Waals surface area (Å²) in [6, 6.07) is 5.71. The Balaban J connectivity index is 2.37. The zero-order valence-corrected chi connectivity index (χ0v) is 10.4. The Morgan fingerprint density at radius 1 is 1.15 bits per heavy atom. The first-order chi connectivity index (χ1) is 9.65. The lowest BCUT2D eigenvalue weighted by Crippen LogP contribution is -2.10. The molecule has 0 saturated carbocycles. The highest BCUT2D eigenvalue weighted by atomic mass is 15.4. The predicted octanol–water partition coefficient (Wildman–Crippen LogP) is 0.549. The molecule has 2 N–H and O–H groups in total. The van der Waals surface area contributed by atoms with Gasteiger partial charge in [-0.15, -0.1) is 0 Å². The van der Waals surface area contributed by atoms with Crippen molar-refractivity contribution in [1.82, 2.24) is 24.4 Å². The Morgan fingerprint density at radius 3 is 2.50 bits per heavy atom. The van der Waals surface area contributed by atoms with Crippen molar-refractivity contribution in [2.24, 2.45) is 0 Å². The standard InChI is InChI=1S/C12H8N8/c1-7-2-10(19-11(15)8(3-13)5-16-19)20-12(18-7)9(4-14)6-17-20/h2,5-6H,15H2,1H3. The molecule has 0 unspecified atom stereocenters. The minimum Gasteiger partial charge on any atom is -0.382 e. The van der Waals surface area contributed by atoms with Crippen molar-refractivity contribution < 1.29 is 0 Å². The van der Waals surface area contributed by atoms with Gasteiger partial charge < -0.3 is 5.73 Å². The van der Waals surface area contributed by atoms with Gasteiger partial charge in [0.05, 0.1) is 12.4 Å². The number of nitrogens with two attached hydrogens (primary N) is 1. The minimum atomic E-state index is 0.216. The van der Waals surface area contributed by atoms with E-state index in [0.717, 1.165) is 0 Å². The molecule has 20 heavy (non-hydrogen) atoms. The number of aryl methyl sites for hydroxylation is 1. The number of fused-ring (bicyclic) bond motifs is 1. The predicted molar refractivity (Wildman–Crippen MR) is 68.7 cm³/mol. The fourth-order valence-corrected chi connectivity index (χ4v) is 1.92. The van der Waals surface area contributed by atoms with Crippen LogP contribution in [0.1, 0.15) is 16.8 Å². The van der Waals surface area contributed by atoms with E-state index >= 15 is 0 Å². The molecule has 8 nitrogen and oxygen atoms in total. The molecule has 0 bridgehead atoms. The van der Waals surface area contributed by atoms with E-state index in [4.69, 9.17) is 16.3 Å². The molecule has 8 heteroatoms. The van der Waals surface area contributed by atoms with Gasteiger partial charge in [-0.05, 0) is 6.92 Å². The second kappa shape index (κ2) is 4.07. The van der Waals surface area contributed by atoms with Crippen molar-refractivity contribution in [3.63, 3.8) is 0 Å². The zero-order chi connectivity index (χ0) is 14.3. The number of hydrogen-bond acceptors (Lipinski definition) is 6. The Bertz CT molecular complexity index is 902. The van der Waals surface area contributed by atoms with Gasteiger partial charge in [0, 0.05) is 11.8 Å². The number of rotatable bonds is 1. The van der Waals surface area contributed by atoms with E-state index in [1.165, 1.54) is 21.6 Å². The second-order valence-electron chi connectivity index (χ2n) is 4.13. The van der Waals surface area contributed by atoms with Crippen LogP contribution in [0.5, 0.6) is 0 Å². The van der Waals surface area contributed by atoms with Crippen LogP contribution in [0.4, 0.5) is 5.82 Å². The Morgan fingerprint density at radius 2 is 1.85 bits per heavy atom. The molecule has 0 aliphatic heterocycles. The van der Waals surface area contributed by atoms with Gasteiger partial charge in [-0.25, -0.2) is 4.98 Å². The summed E-state index contributed by atoms with van der Waals surface area (Å²) >= 11 is 0. The summed E-state index contributed by atoms with van der Waals surface area (Å²) in [5.74, 6) is 0.737. The molecule has 0 aliphatic carbocycles. The molecule has 3 aromatic heterocycles. The summed E-state index contributed by atoms with van der Waals surface area (Å²) in [5, 5.41) is 26.2. The van der Waals surface area contributed by atoms with Gasteiger partial charge >= 0.3 is 0 Å². The smallest absolute Gasteiger partial charge is 0.175 e. The zero-order valence-electron chi connectivity index (χ0n) is 10.4. The van der Waals surface area contributed by atoms with Crippen LogP contribution in [0, 0.1) is 29.6 Å². The van der Waals surface area contributed by atoms with E-state index in [0.29, 0.717) is 22.7 Å². The quantitative estimate of drug-likeness (QED) is 0.684. The van der Waals surface area contributed by atoms with Gasteiger partial charge in [0.25, 0.3) is 0 Å². The molecule has 0 aliphatic rings. The van der Waals surface area contributed by atoms with Gasteiger partial charge in [-0.2, -0.15) is 29.9 Å². The van der Waals surface area contributed by atoms with Crippen molar-refractivity contribution in [2.75, 3.05) is 5.73 Å². The fraction of sp³-hybridized carbons (Fsp3) is 0.0833. The summed E-state index contributed by atoms with van der Waals surface area (Å²) in [7, 11) is 0. The van der Waals surface area contributed by atoms with Crippen LogP contribution in [0.2, 0.25) is 0 Å². The first kappa shape index (κ1) is 11.7. The van der Waals surface area contributed by atoms with Crippen molar-refractivity contribution in [3.05, 3.63) is 35.3 Å². The van der Waals surface area contributed by atoms with Crippen LogP contribution in [0.3, 0.4) is 0 Å².